The van der Waals surface area contributed by atoms with Crippen LogP contribution in [-0.4, -0.2) is 27.2 Å². The molecular formula is C14H25N5O. The third-order valence-electron chi connectivity index (χ3n) is 4.30. The first-order valence-corrected chi connectivity index (χ1v) is 7.33. The van der Waals surface area contributed by atoms with E-state index in [4.69, 9.17) is 5.84 Å². The third kappa shape index (κ3) is 3.58. The number of aliphatic hydroxyl groups is 1. The topological polar surface area (TPSA) is 96.1 Å². The van der Waals surface area contributed by atoms with Gasteiger partial charge in [0.05, 0.1) is 5.60 Å². The van der Waals surface area contributed by atoms with Gasteiger partial charge in [0.15, 0.2) is 0 Å². The molecule has 0 unspecified atom stereocenters. The van der Waals surface area contributed by atoms with Crippen molar-refractivity contribution in [2.45, 2.75) is 51.6 Å². The van der Waals surface area contributed by atoms with Crippen molar-refractivity contribution in [1.82, 2.24) is 9.97 Å². The maximum absolute atomic E-state index is 10.6. The second-order valence-electron chi connectivity index (χ2n) is 5.80. The molecule has 5 N–H and O–H groups in total. The molecule has 0 aromatic carbocycles. The van der Waals surface area contributed by atoms with E-state index in [0.717, 1.165) is 43.0 Å². The molecule has 1 aromatic rings. The second kappa shape index (κ2) is 6.37. The Kier molecular flexibility index (Phi) is 4.77. The van der Waals surface area contributed by atoms with Gasteiger partial charge >= 0.3 is 0 Å². The average Bonchev–Trinajstić information content (AvgIpc) is 2.47. The monoisotopic (exact) mass is 279 g/mol. The fraction of sp³-hybridized carbons (Fsp3) is 0.714. The van der Waals surface area contributed by atoms with Crippen molar-refractivity contribution in [2.24, 2.45) is 11.8 Å². The van der Waals surface area contributed by atoms with Crippen molar-refractivity contribution in [3.8, 4) is 0 Å². The van der Waals surface area contributed by atoms with E-state index in [9.17, 15) is 5.11 Å². The number of nitrogens with two attached hydrogens (primary N) is 1. The maximum atomic E-state index is 10.6. The fourth-order valence-electron chi connectivity index (χ4n) is 2.74. The summed E-state index contributed by atoms with van der Waals surface area (Å²) < 4.78 is 0. The Hall–Kier alpha value is -1.40. The van der Waals surface area contributed by atoms with Gasteiger partial charge in [-0.3, -0.25) is 5.43 Å². The predicted molar refractivity (Wildman–Crippen MR) is 80.3 cm³/mol. The first-order valence-electron chi connectivity index (χ1n) is 7.33. The van der Waals surface area contributed by atoms with Crippen LogP contribution in [-0.2, 0) is 0 Å². The molecule has 1 saturated carbocycles. The van der Waals surface area contributed by atoms with E-state index in [1.54, 1.807) is 6.20 Å². The first kappa shape index (κ1) is 15.0. The van der Waals surface area contributed by atoms with Gasteiger partial charge < -0.3 is 10.4 Å². The molecule has 0 aliphatic heterocycles. The number of hydrogen-bond donors (Lipinski definition) is 4. The van der Waals surface area contributed by atoms with Crippen LogP contribution >= 0.6 is 0 Å². The van der Waals surface area contributed by atoms with Crippen molar-refractivity contribution in [3.05, 3.63) is 11.8 Å². The van der Waals surface area contributed by atoms with Gasteiger partial charge in [0.1, 0.15) is 5.82 Å². The number of nitrogen functional groups attached to an aromatic ring is 1. The Labute approximate surface area is 120 Å². The van der Waals surface area contributed by atoms with Gasteiger partial charge in [0.25, 0.3) is 0 Å². The number of nitrogens with zero attached hydrogens (tertiary/aromatic N) is 2. The third-order valence-corrected chi connectivity index (χ3v) is 4.30. The van der Waals surface area contributed by atoms with Crippen LogP contribution in [0.2, 0.25) is 0 Å². The average molecular weight is 279 g/mol. The molecule has 0 saturated heterocycles. The summed E-state index contributed by atoms with van der Waals surface area (Å²) in [7, 11) is 0. The largest absolute Gasteiger partial charge is 0.388 e. The molecule has 0 amide bonds. The quantitative estimate of drug-likeness (QED) is 0.485. The van der Waals surface area contributed by atoms with E-state index in [2.05, 4.69) is 27.6 Å². The standard InChI is InChI=1S/C14H25N5O/c1-3-11-4-6-14(20,7-5-11)9-17-12-10(2)8-16-13(18-12)19-15/h8,11,20H,3-7,9,15H2,1-2H3,(H2,16,17,18,19). The molecule has 6 nitrogen and oxygen atoms in total. The highest BCUT2D eigenvalue weighted by Crippen LogP contribution is 2.33. The van der Waals surface area contributed by atoms with Gasteiger partial charge in [-0.25, -0.2) is 10.8 Å². The molecule has 2 rings (SSSR count). The molecule has 0 atom stereocenters. The van der Waals surface area contributed by atoms with Crippen LogP contribution in [0.1, 0.15) is 44.6 Å². The van der Waals surface area contributed by atoms with Gasteiger partial charge in [-0.15, -0.1) is 0 Å². The van der Waals surface area contributed by atoms with Crippen LogP contribution < -0.4 is 16.6 Å². The van der Waals surface area contributed by atoms with E-state index in [-0.39, 0.29) is 0 Å². The van der Waals surface area contributed by atoms with Crippen molar-refractivity contribution < 1.29 is 5.11 Å². The second-order valence-corrected chi connectivity index (χ2v) is 5.80. The summed E-state index contributed by atoms with van der Waals surface area (Å²) in [6.45, 7) is 4.67. The van der Waals surface area contributed by atoms with Crippen LogP contribution in [0.4, 0.5) is 11.8 Å². The zero-order valence-corrected chi connectivity index (χ0v) is 12.3. The fourth-order valence-corrected chi connectivity index (χ4v) is 2.74. The van der Waals surface area contributed by atoms with Crippen molar-refractivity contribution in [1.29, 1.82) is 0 Å². The summed E-state index contributed by atoms with van der Waals surface area (Å²) in [6.07, 6.45) is 6.83. The molecular weight excluding hydrogens is 254 g/mol. The molecule has 20 heavy (non-hydrogen) atoms. The van der Waals surface area contributed by atoms with Crippen LogP contribution in [0.25, 0.3) is 0 Å². The normalized spacial score (nSPS) is 26.3. The van der Waals surface area contributed by atoms with E-state index < -0.39 is 5.60 Å². The summed E-state index contributed by atoms with van der Waals surface area (Å²) in [5.74, 6) is 7.18. The van der Waals surface area contributed by atoms with E-state index in [1.165, 1.54) is 6.42 Å². The van der Waals surface area contributed by atoms with Gasteiger partial charge in [0, 0.05) is 18.3 Å². The zero-order valence-electron chi connectivity index (χ0n) is 12.3. The highest BCUT2D eigenvalue weighted by Gasteiger charge is 2.32. The van der Waals surface area contributed by atoms with Crippen LogP contribution in [0, 0.1) is 12.8 Å². The molecule has 1 aliphatic rings. The number of aryl methyl sites for hydroxylation is 1. The smallest absolute Gasteiger partial charge is 0.239 e. The van der Waals surface area contributed by atoms with Gasteiger partial charge in [-0.1, -0.05) is 13.3 Å². The summed E-state index contributed by atoms with van der Waals surface area (Å²) in [5, 5.41) is 13.9. The minimum atomic E-state index is -0.626. The molecule has 1 fully saturated rings. The SMILES string of the molecule is CCC1CCC(O)(CNc2nc(NN)ncc2C)CC1. The molecule has 1 aromatic heterocycles. The van der Waals surface area contributed by atoms with E-state index in [1.807, 2.05) is 6.92 Å². The van der Waals surface area contributed by atoms with E-state index in [0.29, 0.717) is 12.5 Å². The van der Waals surface area contributed by atoms with E-state index >= 15 is 0 Å². The Morgan fingerprint density at radius 1 is 1.45 bits per heavy atom. The maximum Gasteiger partial charge on any atom is 0.239 e. The van der Waals surface area contributed by atoms with Crippen LogP contribution in [0.15, 0.2) is 6.20 Å². The Morgan fingerprint density at radius 3 is 2.75 bits per heavy atom. The Bertz CT molecular complexity index is 443. The molecule has 0 radical (unpaired) electrons. The lowest BCUT2D eigenvalue weighted by Gasteiger charge is -2.36. The number of aromatic nitrogens is 2. The minimum Gasteiger partial charge on any atom is -0.388 e. The minimum absolute atomic E-state index is 0.375. The van der Waals surface area contributed by atoms with Gasteiger partial charge in [0.2, 0.25) is 5.95 Å². The number of hydrazine groups is 1. The summed E-state index contributed by atoms with van der Waals surface area (Å²) in [5.41, 5.74) is 2.74. The van der Waals surface area contributed by atoms with Gasteiger partial charge in [-0.05, 0) is 38.5 Å². The lowest BCUT2D eigenvalue weighted by molar-refractivity contribution is 0.00222. The summed E-state index contributed by atoms with van der Waals surface area (Å²) in [4.78, 5) is 8.31. The Balaban J connectivity index is 1.95. The molecule has 0 spiro atoms. The highest BCUT2D eigenvalue weighted by molar-refractivity contribution is 5.46. The summed E-state index contributed by atoms with van der Waals surface area (Å²) in [6, 6.07) is 0. The molecule has 1 heterocycles. The molecule has 0 bridgehead atoms. The lowest BCUT2D eigenvalue weighted by atomic mass is 9.78. The molecule has 112 valence electrons. The van der Waals surface area contributed by atoms with Crippen molar-refractivity contribution in [2.75, 3.05) is 17.3 Å². The number of rotatable bonds is 5. The highest BCUT2D eigenvalue weighted by atomic mass is 16.3. The first-order chi connectivity index (χ1) is 9.56. The molecule has 6 heteroatoms. The van der Waals surface area contributed by atoms with Crippen molar-refractivity contribution >= 4 is 11.8 Å². The number of nitrogens with one attached hydrogen (secondary N) is 2. The summed E-state index contributed by atoms with van der Waals surface area (Å²) >= 11 is 0. The van der Waals surface area contributed by atoms with Gasteiger partial charge in [-0.2, -0.15) is 4.98 Å². The van der Waals surface area contributed by atoms with Crippen LogP contribution in [0.5, 0.6) is 0 Å². The van der Waals surface area contributed by atoms with Crippen LogP contribution in [0.3, 0.4) is 0 Å². The lowest BCUT2D eigenvalue weighted by Crippen LogP contribution is -2.40. The number of anilines is 2. The van der Waals surface area contributed by atoms with Crippen molar-refractivity contribution in [3.63, 3.8) is 0 Å². The Morgan fingerprint density at radius 2 is 2.15 bits per heavy atom. The predicted octanol–water partition coefficient (Wildman–Crippen LogP) is 1.81. The molecule has 1 aliphatic carbocycles. The number of hydrogen-bond acceptors (Lipinski definition) is 6. The zero-order chi connectivity index (χ0) is 14.6.